The highest BCUT2D eigenvalue weighted by molar-refractivity contribution is 5.89. The van der Waals surface area contributed by atoms with Crippen LogP contribution in [0.2, 0.25) is 0 Å². The number of hydrogen-bond acceptors (Lipinski definition) is 8. The lowest BCUT2D eigenvalue weighted by atomic mass is 10.1. The average molecular weight is 436 g/mol. The van der Waals surface area contributed by atoms with Gasteiger partial charge in [-0.2, -0.15) is 0 Å². The molecule has 4 heterocycles. The minimum atomic E-state index is -0.113. The van der Waals surface area contributed by atoms with Crippen molar-refractivity contribution in [2.75, 3.05) is 30.8 Å². The quantitative estimate of drug-likeness (QED) is 0.527. The zero-order valence-electron chi connectivity index (χ0n) is 19.4. The Kier molecular flexibility index (Phi) is 7.12. The van der Waals surface area contributed by atoms with Crippen LogP contribution in [-0.2, 0) is 11.3 Å². The molecule has 1 saturated heterocycles. The van der Waals surface area contributed by atoms with Gasteiger partial charge in [0, 0.05) is 37.5 Å². The van der Waals surface area contributed by atoms with Crippen LogP contribution in [-0.4, -0.2) is 51.1 Å². The zero-order valence-corrected chi connectivity index (χ0v) is 19.4. The normalized spacial score (nSPS) is 15.8. The van der Waals surface area contributed by atoms with Gasteiger partial charge in [0.2, 0.25) is 5.95 Å². The lowest BCUT2D eigenvalue weighted by molar-refractivity contribution is 0.116. The van der Waals surface area contributed by atoms with Crippen LogP contribution in [0.25, 0.3) is 10.9 Å². The summed E-state index contributed by atoms with van der Waals surface area (Å²) in [6, 6.07) is 6.31. The summed E-state index contributed by atoms with van der Waals surface area (Å²) in [5.41, 5.74) is 2.84. The number of nitrogens with one attached hydrogen (secondary N) is 2. The number of fused-ring (bicyclic) bond motifs is 1. The summed E-state index contributed by atoms with van der Waals surface area (Å²) in [7, 11) is 1.68. The van der Waals surface area contributed by atoms with Gasteiger partial charge in [-0.3, -0.25) is 4.90 Å². The number of rotatable bonds is 8. The second-order valence-electron chi connectivity index (χ2n) is 8.72. The Hall–Kier alpha value is -2.84. The molecule has 1 fully saturated rings. The van der Waals surface area contributed by atoms with E-state index >= 15 is 0 Å². The molecule has 1 aliphatic heterocycles. The molecule has 170 valence electrons. The van der Waals surface area contributed by atoms with Gasteiger partial charge >= 0.3 is 0 Å². The van der Waals surface area contributed by atoms with Gasteiger partial charge in [0.05, 0.1) is 11.8 Å². The highest BCUT2D eigenvalue weighted by Gasteiger charge is 2.15. The van der Waals surface area contributed by atoms with E-state index in [1.807, 2.05) is 31.5 Å². The highest BCUT2D eigenvalue weighted by atomic mass is 16.5. The first-order valence-corrected chi connectivity index (χ1v) is 11.4. The van der Waals surface area contributed by atoms with E-state index in [9.17, 15) is 0 Å². The molecule has 0 amide bonds. The third kappa shape index (κ3) is 5.49. The second-order valence-corrected chi connectivity index (χ2v) is 8.72. The van der Waals surface area contributed by atoms with Crippen molar-refractivity contribution in [2.45, 2.75) is 58.7 Å². The van der Waals surface area contributed by atoms with Crippen molar-refractivity contribution in [3.8, 4) is 0 Å². The first-order valence-electron chi connectivity index (χ1n) is 11.4. The Labute approximate surface area is 189 Å². The molecule has 2 N–H and O–H groups in total. The SMILES string of the molecule is CO[C@H](C)c1cc2cnc(Nc3ccc(CN4CCCCC4)cn3)nc2c(NC(C)C)n1. The summed E-state index contributed by atoms with van der Waals surface area (Å²) in [5.74, 6) is 1.95. The molecule has 0 aromatic carbocycles. The molecule has 3 aromatic rings. The zero-order chi connectivity index (χ0) is 22.5. The van der Waals surface area contributed by atoms with Crippen LogP contribution in [0.4, 0.5) is 17.6 Å². The number of piperidine rings is 1. The van der Waals surface area contributed by atoms with E-state index in [1.165, 1.54) is 37.9 Å². The number of pyridine rings is 2. The average Bonchev–Trinajstić information content (AvgIpc) is 2.80. The van der Waals surface area contributed by atoms with Crippen molar-refractivity contribution in [3.05, 3.63) is 41.9 Å². The standard InChI is InChI=1S/C24H33N7O/c1-16(2)27-23-22-19(12-20(28-23)17(3)32-4)14-26-24(30-22)29-21-9-8-18(13-25-21)15-31-10-6-5-7-11-31/h8-9,12-14,16-17H,5-7,10-11,15H2,1-4H3,(H,27,28)(H,25,26,29,30)/t17-/m1/s1. The minimum Gasteiger partial charge on any atom is -0.375 e. The van der Waals surface area contributed by atoms with Gasteiger partial charge in [-0.1, -0.05) is 12.5 Å². The minimum absolute atomic E-state index is 0.113. The Morgan fingerprint density at radius 3 is 2.53 bits per heavy atom. The molecular formula is C24H33N7O. The Morgan fingerprint density at radius 1 is 1.03 bits per heavy atom. The van der Waals surface area contributed by atoms with Gasteiger partial charge < -0.3 is 15.4 Å². The lowest BCUT2D eigenvalue weighted by Gasteiger charge is -2.26. The molecule has 1 aliphatic rings. The molecular weight excluding hydrogens is 402 g/mol. The van der Waals surface area contributed by atoms with Gasteiger partial charge in [-0.05, 0) is 64.4 Å². The molecule has 0 aliphatic carbocycles. The fourth-order valence-corrected chi connectivity index (χ4v) is 3.91. The van der Waals surface area contributed by atoms with Gasteiger partial charge in [0.15, 0.2) is 5.82 Å². The number of aromatic nitrogens is 4. The van der Waals surface area contributed by atoms with Crippen molar-refractivity contribution in [1.82, 2.24) is 24.8 Å². The molecule has 0 radical (unpaired) electrons. The molecule has 8 heteroatoms. The van der Waals surface area contributed by atoms with Crippen LogP contribution < -0.4 is 10.6 Å². The van der Waals surface area contributed by atoms with Crippen molar-refractivity contribution < 1.29 is 4.74 Å². The van der Waals surface area contributed by atoms with Crippen LogP contribution in [0, 0.1) is 0 Å². The predicted molar refractivity (Wildman–Crippen MR) is 128 cm³/mol. The third-order valence-corrected chi connectivity index (χ3v) is 5.70. The highest BCUT2D eigenvalue weighted by Crippen LogP contribution is 2.26. The second kappa shape index (κ2) is 10.2. The molecule has 4 rings (SSSR count). The fraction of sp³-hybridized carbons (Fsp3) is 0.500. The molecule has 8 nitrogen and oxygen atoms in total. The van der Waals surface area contributed by atoms with E-state index < -0.39 is 0 Å². The van der Waals surface area contributed by atoms with Gasteiger partial charge in [0.25, 0.3) is 0 Å². The van der Waals surface area contributed by atoms with E-state index in [-0.39, 0.29) is 12.1 Å². The summed E-state index contributed by atoms with van der Waals surface area (Å²) in [6.45, 7) is 9.45. The van der Waals surface area contributed by atoms with Crippen LogP contribution in [0.3, 0.4) is 0 Å². The molecule has 0 unspecified atom stereocenters. The van der Waals surface area contributed by atoms with E-state index in [0.717, 1.165) is 34.8 Å². The number of likely N-dealkylation sites (tertiary alicyclic amines) is 1. The van der Waals surface area contributed by atoms with Crippen molar-refractivity contribution in [3.63, 3.8) is 0 Å². The van der Waals surface area contributed by atoms with Crippen molar-refractivity contribution in [1.29, 1.82) is 0 Å². The summed E-state index contributed by atoms with van der Waals surface area (Å²) >= 11 is 0. The maximum absolute atomic E-state index is 5.45. The third-order valence-electron chi connectivity index (χ3n) is 5.70. The first kappa shape index (κ1) is 22.4. The maximum Gasteiger partial charge on any atom is 0.229 e. The van der Waals surface area contributed by atoms with Crippen LogP contribution >= 0.6 is 0 Å². The smallest absolute Gasteiger partial charge is 0.229 e. The predicted octanol–water partition coefficient (Wildman–Crippen LogP) is 4.68. The van der Waals surface area contributed by atoms with E-state index in [4.69, 9.17) is 14.7 Å². The van der Waals surface area contributed by atoms with Gasteiger partial charge in [-0.25, -0.2) is 19.9 Å². The maximum atomic E-state index is 5.45. The lowest BCUT2D eigenvalue weighted by Crippen LogP contribution is -2.29. The molecule has 0 saturated carbocycles. The topological polar surface area (TPSA) is 88.1 Å². The Balaban J connectivity index is 1.53. The first-order chi connectivity index (χ1) is 15.5. The number of methoxy groups -OCH3 is 1. The molecule has 32 heavy (non-hydrogen) atoms. The Morgan fingerprint density at radius 2 is 1.84 bits per heavy atom. The largest absolute Gasteiger partial charge is 0.375 e. The van der Waals surface area contributed by atoms with E-state index in [0.29, 0.717) is 5.95 Å². The number of hydrogen-bond donors (Lipinski definition) is 2. The van der Waals surface area contributed by atoms with Crippen molar-refractivity contribution in [2.24, 2.45) is 0 Å². The van der Waals surface area contributed by atoms with Crippen LogP contribution in [0.1, 0.15) is 57.4 Å². The van der Waals surface area contributed by atoms with Crippen LogP contribution in [0.15, 0.2) is 30.6 Å². The van der Waals surface area contributed by atoms with Crippen LogP contribution in [0.5, 0.6) is 0 Å². The molecule has 1 atom stereocenters. The molecule has 0 spiro atoms. The monoisotopic (exact) mass is 435 g/mol. The number of anilines is 3. The summed E-state index contributed by atoms with van der Waals surface area (Å²) in [6.07, 6.45) is 7.57. The summed E-state index contributed by atoms with van der Waals surface area (Å²) in [4.78, 5) is 21.0. The fourth-order valence-electron chi connectivity index (χ4n) is 3.91. The summed E-state index contributed by atoms with van der Waals surface area (Å²) < 4.78 is 5.45. The summed E-state index contributed by atoms with van der Waals surface area (Å²) in [5, 5.41) is 7.54. The van der Waals surface area contributed by atoms with Crippen molar-refractivity contribution >= 4 is 28.5 Å². The van der Waals surface area contributed by atoms with E-state index in [2.05, 4.69) is 45.4 Å². The van der Waals surface area contributed by atoms with E-state index in [1.54, 1.807) is 7.11 Å². The van der Waals surface area contributed by atoms with Gasteiger partial charge in [0.1, 0.15) is 11.3 Å². The van der Waals surface area contributed by atoms with Gasteiger partial charge in [-0.15, -0.1) is 0 Å². The number of nitrogens with zero attached hydrogens (tertiary/aromatic N) is 5. The Bertz CT molecular complexity index is 1030. The number of ether oxygens (including phenoxy) is 1. The molecule has 0 bridgehead atoms. The molecule has 3 aromatic heterocycles.